The minimum Gasteiger partial charge on any atom is -0.346 e. The van der Waals surface area contributed by atoms with Gasteiger partial charge in [-0.15, -0.1) is 5.92 Å². The molecule has 1 aliphatic rings. The van der Waals surface area contributed by atoms with Crippen LogP contribution in [0.2, 0.25) is 0 Å². The summed E-state index contributed by atoms with van der Waals surface area (Å²) in [6, 6.07) is 1.36. The van der Waals surface area contributed by atoms with Crippen LogP contribution in [0.4, 0.5) is 0 Å². The normalized spacial score (nSPS) is 12.1. The molecule has 0 radical (unpaired) electrons. The average molecular weight is 294 g/mol. The van der Waals surface area contributed by atoms with Crippen LogP contribution >= 0.6 is 0 Å². The molecule has 2 aromatic rings. The van der Waals surface area contributed by atoms with E-state index in [1.54, 1.807) is 17.8 Å². The number of rotatable bonds is 4. The number of aromatic nitrogens is 3. The Morgan fingerprint density at radius 1 is 1.55 bits per heavy atom. The Labute approximate surface area is 126 Å². The third-order valence-corrected chi connectivity index (χ3v) is 3.26. The van der Waals surface area contributed by atoms with Gasteiger partial charge < -0.3 is 10.3 Å². The molecule has 6 heteroatoms. The van der Waals surface area contributed by atoms with E-state index in [1.165, 1.54) is 17.8 Å². The van der Waals surface area contributed by atoms with Crippen molar-refractivity contribution >= 4 is 11.5 Å². The zero-order valence-corrected chi connectivity index (χ0v) is 12.0. The lowest BCUT2D eigenvalue weighted by Crippen LogP contribution is -2.29. The molecule has 110 valence electrons. The quantitative estimate of drug-likeness (QED) is 0.829. The Kier molecular flexibility index (Phi) is 3.62. The fourth-order valence-corrected chi connectivity index (χ4v) is 1.99. The number of allylic oxidation sites excluding steroid dienone is 2. The molecule has 1 aliphatic carbocycles. The Bertz CT molecular complexity index is 877. The van der Waals surface area contributed by atoms with Crippen LogP contribution in [0, 0.1) is 11.8 Å². The first-order valence-corrected chi connectivity index (χ1v) is 6.84. The molecule has 0 saturated carbocycles. The van der Waals surface area contributed by atoms with E-state index in [9.17, 15) is 9.59 Å². The number of hydrogen-bond acceptors (Lipinski definition) is 3. The smallest absolute Gasteiger partial charge is 0.257 e. The number of carbonyl (C=O) groups is 1. The van der Waals surface area contributed by atoms with E-state index in [0.29, 0.717) is 5.82 Å². The van der Waals surface area contributed by atoms with Crippen LogP contribution in [0.5, 0.6) is 0 Å². The number of carbonyl (C=O) groups excluding carboxylic acids is 1. The zero-order valence-electron chi connectivity index (χ0n) is 12.0. The van der Waals surface area contributed by atoms with Crippen LogP contribution in [-0.4, -0.2) is 27.2 Å². The summed E-state index contributed by atoms with van der Waals surface area (Å²) in [6.45, 7) is 1.90. The molecule has 0 fully saturated rings. The summed E-state index contributed by atoms with van der Waals surface area (Å²) < 4.78 is 1.58. The molecule has 0 aromatic carbocycles. The van der Waals surface area contributed by atoms with Crippen molar-refractivity contribution in [1.82, 2.24) is 20.1 Å². The van der Waals surface area contributed by atoms with E-state index in [4.69, 9.17) is 0 Å². The Balaban J connectivity index is 1.81. The third kappa shape index (κ3) is 2.83. The van der Waals surface area contributed by atoms with Crippen molar-refractivity contribution in [3.63, 3.8) is 0 Å². The predicted octanol–water partition coefficient (Wildman–Crippen LogP) is 1.10. The van der Waals surface area contributed by atoms with Crippen molar-refractivity contribution in [2.24, 2.45) is 0 Å². The van der Waals surface area contributed by atoms with Gasteiger partial charge in [0.1, 0.15) is 11.4 Å². The van der Waals surface area contributed by atoms with E-state index in [2.05, 4.69) is 33.3 Å². The molecule has 3 rings (SSSR count). The second-order valence-corrected chi connectivity index (χ2v) is 4.81. The molecular formula is C16H14N4O2. The van der Waals surface area contributed by atoms with Gasteiger partial charge in [-0.25, -0.2) is 4.68 Å². The third-order valence-electron chi connectivity index (χ3n) is 3.26. The van der Waals surface area contributed by atoms with Gasteiger partial charge in [-0.3, -0.25) is 9.59 Å². The summed E-state index contributed by atoms with van der Waals surface area (Å²) in [5.74, 6) is 5.45. The molecule has 2 aromatic heterocycles. The van der Waals surface area contributed by atoms with Gasteiger partial charge in [0.05, 0.1) is 12.7 Å². The summed E-state index contributed by atoms with van der Waals surface area (Å²) >= 11 is 0. The lowest BCUT2D eigenvalue weighted by molar-refractivity contribution is 0.0957. The maximum Gasteiger partial charge on any atom is 0.257 e. The van der Waals surface area contributed by atoms with Gasteiger partial charge >= 0.3 is 0 Å². The molecule has 0 bridgehead atoms. The maximum atomic E-state index is 12.1. The molecular weight excluding hydrogens is 280 g/mol. The van der Waals surface area contributed by atoms with Crippen LogP contribution in [0.1, 0.15) is 29.3 Å². The standard InChI is InChI=1S/C16H14N4O2/c1-2-3-6-17-16(22)13-9-18-15(7-14(13)21)20-10-12(8-19-20)11-4-5-11/h4,7-10H,5-6H2,1H3,(H,17,22)(H,18,21). The molecule has 0 saturated heterocycles. The van der Waals surface area contributed by atoms with Crippen molar-refractivity contribution in [2.75, 3.05) is 6.54 Å². The van der Waals surface area contributed by atoms with Gasteiger partial charge in [0, 0.05) is 24.0 Å². The van der Waals surface area contributed by atoms with Gasteiger partial charge in [0.15, 0.2) is 5.43 Å². The number of amides is 1. The Hall–Kier alpha value is -3.07. The van der Waals surface area contributed by atoms with Crippen LogP contribution in [-0.2, 0) is 0 Å². The molecule has 2 N–H and O–H groups in total. The van der Waals surface area contributed by atoms with Gasteiger partial charge in [-0.05, 0) is 18.9 Å². The van der Waals surface area contributed by atoms with Crippen LogP contribution in [0.25, 0.3) is 11.4 Å². The Morgan fingerprint density at radius 3 is 3.05 bits per heavy atom. The second kappa shape index (κ2) is 5.74. The van der Waals surface area contributed by atoms with E-state index in [0.717, 1.165) is 12.0 Å². The van der Waals surface area contributed by atoms with Crippen molar-refractivity contribution < 1.29 is 4.79 Å². The summed E-state index contributed by atoms with van der Waals surface area (Å²) in [7, 11) is 0. The monoisotopic (exact) mass is 294 g/mol. The second-order valence-electron chi connectivity index (χ2n) is 4.81. The zero-order chi connectivity index (χ0) is 15.5. The number of nitrogens with one attached hydrogen (secondary N) is 2. The van der Waals surface area contributed by atoms with Crippen LogP contribution in [0.3, 0.4) is 0 Å². The van der Waals surface area contributed by atoms with Crippen molar-refractivity contribution in [1.29, 1.82) is 0 Å². The first-order valence-electron chi connectivity index (χ1n) is 6.84. The highest BCUT2D eigenvalue weighted by Crippen LogP contribution is 2.30. The number of aromatic amines is 1. The van der Waals surface area contributed by atoms with Gasteiger partial charge in [-0.1, -0.05) is 12.0 Å². The molecule has 0 unspecified atom stereocenters. The SMILES string of the molecule is CC#CCNC(=O)c1c[nH]c(-n2cc(C3=CC3)cn2)cc1=O. The number of pyridine rings is 1. The summed E-state index contributed by atoms with van der Waals surface area (Å²) in [5.41, 5.74) is 1.99. The van der Waals surface area contributed by atoms with Crippen molar-refractivity contribution in [3.8, 4) is 17.7 Å². The van der Waals surface area contributed by atoms with E-state index >= 15 is 0 Å². The largest absolute Gasteiger partial charge is 0.346 e. The van der Waals surface area contributed by atoms with E-state index < -0.39 is 5.91 Å². The topological polar surface area (TPSA) is 79.8 Å². The maximum absolute atomic E-state index is 12.1. The summed E-state index contributed by atoms with van der Waals surface area (Å²) in [6.07, 6.45) is 8.09. The first-order chi connectivity index (χ1) is 10.7. The fourth-order valence-electron chi connectivity index (χ4n) is 1.99. The number of nitrogens with zero attached hydrogens (tertiary/aromatic N) is 2. The van der Waals surface area contributed by atoms with Gasteiger partial charge in [-0.2, -0.15) is 5.10 Å². The van der Waals surface area contributed by atoms with Gasteiger partial charge in [0.25, 0.3) is 5.91 Å². The van der Waals surface area contributed by atoms with Gasteiger partial charge in [0.2, 0.25) is 0 Å². The first kappa shape index (κ1) is 13.9. The Morgan fingerprint density at radius 2 is 2.36 bits per heavy atom. The average Bonchev–Trinajstić information content (AvgIpc) is 3.24. The summed E-state index contributed by atoms with van der Waals surface area (Å²) in [4.78, 5) is 26.9. The minimum absolute atomic E-state index is 0.0546. The van der Waals surface area contributed by atoms with E-state index in [1.807, 2.05) is 6.20 Å². The van der Waals surface area contributed by atoms with Crippen LogP contribution in [0.15, 0.2) is 35.5 Å². The van der Waals surface area contributed by atoms with Crippen LogP contribution < -0.4 is 10.7 Å². The van der Waals surface area contributed by atoms with Crippen molar-refractivity contribution in [3.05, 3.63) is 52.1 Å². The molecule has 22 heavy (non-hydrogen) atoms. The highest BCUT2D eigenvalue weighted by atomic mass is 16.2. The molecule has 0 aliphatic heterocycles. The fraction of sp³-hybridized carbons (Fsp3) is 0.188. The predicted molar refractivity (Wildman–Crippen MR) is 82.6 cm³/mol. The summed E-state index contributed by atoms with van der Waals surface area (Å²) in [5, 5.41) is 6.78. The molecule has 0 atom stereocenters. The van der Waals surface area contributed by atoms with Crippen molar-refractivity contribution in [2.45, 2.75) is 13.3 Å². The molecule has 1 amide bonds. The molecule has 2 heterocycles. The molecule has 6 nitrogen and oxygen atoms in total. The lowest BCUT2D eigenvalue weighted by Gasteiger charge is -2.04. The van der Waals surface area contributed by atoms with E-state index in [-0.39, 0.29) is 17.5 Å². The number of hydrogen-bond donors (Lipinski definition) is 2. The minimum atomic E-state index is -0.445. The lowest BCUT2D eigenvalue weighted by atomic mass is 10.2. The highest BCUT2D eigenvalue weighted by molar-refractivity contribution is 5.94. The number of H-pyrrole nitrogens is 1. The highest BCUT2D eigenvalue weighted by Gasteiger charge is 2.14. The molecule has 0 spiro atoms.